The van der Waals surface area contributed by atoms with Gasteiger partial charge in [0.2, 0.25) is 0 Å². The van der Waals surface area contributed by atoms with Gasteiger partial charge in [0.05, 0.1) is 23.1 Å². The molecule has 0 saturated heterocycles. The normalized spacial score (nSPS) is 10.2. The summed E-state index contributed by atoms with van der Waals surface area (Å²) < 4.78 is 15.2. The summed E-state index contributed by atoms with van der Waals surface area (Å²) in [6, 6.07) is 8.21. The molecule has 0 unspecified atom stereocenters. The Bertz CT molecular complexity index is 962. The number of benzene rings is 2. The van der Waals surface area contributed by atoms with E-state index in [-0.39, 0.29) is 54.7 Å². The van der Waals surface area contributed by atoms with E-state index in [2.05, 4.69) is 4.84 Å². The predicted octanol–water partition coefficient (Wildman–Crippen LogP) is 2.85. The number of nitro benzene ring substituents is 2. The third-order valence-electron chi connectivity index (χ3n) is 3.64. The van der Waals surface area contributed by atoms with E-state index in [1.807, 2.05) is 0 Å². The monoisotopic (exact) mass is 437 g/mol. The maximum Gasteiger partial charge on any atom is 0.519 e. The number of nitrogens with zero attached hydrogens (tertiary/aromatic N) is 3. The quantitative estimate of drug-likeness (QED) is 0.165. The standard InChI is InChI=1S/C17H15N3O11/c21-17(30-15-4-1-13(2-5-15)18(22)23)31-16-6-3-14(19(24)25)11-12(16)7-8-28-9-10-29-20(26)27/h1-6,11H,7-10H2. The van der Waals surface area contributed by atoms with Crippen LogP contribution in [0, 0.1) is 30.3 Å². The Labute approximate surface area is 173 Å². The molecule has 0 fully saturated rings. The van der Waals surface area contributed by atoms with Crippen LogP contribution in [0.15, 0.2) is 42.5 Å². The molecule has 14 heteroatoms. The van der Waals surface area contributed by atoms with Crippen molar-refractivity contribution in [2.75, 3.05) is 19.8 Å². The van der Waals surface area contributed by atoms with Gasteiger partial charge in [-0.05, 0) is 24.6 Å². The molecule has 2 aromatic rings. The van der Waals surface area contributed by atoms with Crippen LogP contribution in [-0.4, -0.2) is 40.9 Å². The van der Waals surface area contributed by atoms with Crippen molar-refractivity contribution in [3.63, 3.8) is 0 Å². The second-order valence-corrected chi connectivity index (χ2v) is 5.67. The minimum absolute atomic E-state index is 0.00631. The zero-order valence-electron chi connectivity index (χ0n) is 15.7. The average Bonchev–Trinajstić information content (AvgIpc) is 2.71. The lowest BCUT2D eigenvalue weighted by atomic mass is 10.1. The number of carbonyl (C=O) groups is 1. The van der Waals surface area contributed by atoms with Gasteiger partial charge in [0.25, 0.3) is 16.5 Å². The first-order valence-electron chi connectivity index (χ1n) is 8.52. The number of ether oxygens (including phenoxy) is 3. The summed E-state index contributed by atoms with van der Waals surface area (Å²) in [6.07, 6.45) is -1.08. The van der Waals surface area contributed by atoms with Crippen LogP contribution in [0.4, 0.5) is 16.2 Å². The Balaban J connectivity index is 2.00. The predicted molar refractivity (Wildman–Crippen MR) is 100 cm³/mol. The maximum absolute atomic E-state index is 12.0. The highest BCUT2D eigenvalue weighted by molar-refractivity contribution is 5.68. The van der Waals surface area contributed by atoms with Crippen LogP contribution < -0.4 is 9.47 Å². The van der Waals surface area contributed by atoms with Crippen molar-refractivity contribution >= 4 is 17.5 Å². The van der Waals surface area contributed by atoms with Crippen molar-refractivity contribution in [1.82, 2.24) is 0 Å². The van der Waals surface area contributed by atoms with Crippen LogP contribution in [0.2, 0.25) is 0 Å². The van der Waals surface area contributed by atoms with E-state index in [1.54, 1.807) is 0 Å². The molecular weight excluding hydrogens is 422 g/mol. The largest absolute Gasteiger partial charge is 0.519 e. The highest BCUT2D eigenvalue weighted by atomic mass is 17.0. The molecule has 14 nitrogen and oxygen atoms in total. The fraction of sp³-hybridized carbons (Fsp3) is 0.235. The zero-order valence-corrected chi connectivity index (χ0v) is 15.7. The number of nitro groups is 2. The average molecular weight is 437 g/mol. The first kappa shape index (κ1) is 23.0. The first-order valence-corrected chi connectivity index (χ1v) is 8.52. The summed E-state index contributed by atoms with van der Waals surface area (Å²) in [5.41, 5.74) is -0.185. The van der Waals surface area contributed by atoms with Crippen molar-refractivity contribution in [3.05, 3.63) is 78.4 Å². The molecule has 0 spiro atoms. The van der Waals surface area contributed by atoms with Crippen LogP contribution >= 0.6 is 0 Å². The van der Waals surface area contributed by atoms with Crippen LogP contribution in [0.1, 0.15) is 5.56 Å². The topological polar surface area (TPSA) is 183 Å². The summed E-state index contributed by atoms with van der Waals surface area (Å²) in [5.74, 6) is -0.0316. The van der Waals surface area contributed by atoms with Gasteiger partial charge in [-0.25, -0.2) is 4.79 Å². The smallest absolute Gasteiger partial charge is 0.395 e. The lowest BCUT2D eigenvalue weighted by Gasteiger charge is -2.10. The molecule has 0 heterocycles. The SMILES string of the molecule is O=C(Oc1ccc([N+](=O)[O-])cc1)Oc1ccc([N+](=O)[O-])cc1CCOCCO[N+](=O)[O-]. The third kappa shape index (κ3) is 7.54. The fourth-order valence-electron chi connectivity index (χ4n) is 2.27. The van der Waals surface area contributed by atoms with Crippen LogP contribution in [0.25, 0.3) is 0 Å². The van der Waals surface area contributed by atoms with Crippen molar-refractivity contribution in [3.8, 4) is 11.5 Å². The summed E-state index contributed by atoms with van der Waals surface area (Å²) in [6.45, 7) is -0.364. The van der Waals surface area contributed by atoms with Crippen LogP contribution in [0.3, 0.4) is 0 Å². The van der Waals surface area contributed by atoms with E-state index in [9.17, 15) is 35.1 Å². The Kier molecular flexibility index (Phi) is 8.15. The van der Waals surface area contributed by atoms with Gasteiger partial charge in [-0.1, -0.05) is 0 Å². The van der Waals surface area contributed by atoms with E-state index in [1.165, 1.54) is 24.3 Å². The second kappa shape index (κ2) is 11.0. The van der Waals surface area contributed by atoms with Gasteiger partial charge in [-0.3, -0.25) is 20.2 Å². The zero-order chi connectivity index (χ0) is 22.8. The van der Waals surface area contributed by atoms with Gasteiger partial charge >= 0.3 is 6.16 Å². The molecule has 0 aliphatic carbocycles. The summed E-state index contributed by atoms with van der Waals surface area (Å²) in [5, 5.41) is 30.7. The molecule has 0 bridgehead atoms. The molecule has 0 radical (unpaired) electrons. The highest BCUT2D eigenvalue weighted by Gasteiger charge is 2.16. The van der Waals surface area contributed by atoms with E-state index in [4.69, 9.17) is 14.2 Å². The number of hydrogen-bond acceptors (Lipinski definition) is 11. The minimum atomic E-state index is -1.16. The molecule has 164 valence electrons. The number of hydrogen-bond donors (Lipinski definition) is 0. The lowest BCUT2D eigenvalue weighted by Crippen LogP contribution is -2.15. The third-order valence-corrected chi connectivity index (χ3v) is 3.64. The summed E-state index contributed by atoms with van der Waals surface area (Å²) in [7, 11) is 0. The molecule has 0 aliphatic heterocycles. The van der Waals surface area contributed by atoms with Gasteiger partial charge in [-0.15, -0.1) is 10.1 Å². The lowest BCUT2D eigenvalue weighted by molar-refractivity contribution is -0.758. The fourth-order valence-corrected chi connectivity index (χ4v) is 2.27. The molecule has 0 aromatic heterocycles. The molecule has 2 aromatic carbocycles. The number of carbonyl (C=O) groups excluding carboxylic acids is 1. The van der Waals surface area contributed by atoms with Crippen LogP contribution in [-0.2, 0) is 16.0 Å². The maximum atomic E-state index is 12.0. The molecule has 2 rings (SSSR count). The van der Waals surface area contributed by atoms with Crippen molar-refractivity contribution in [1.29, 1.82) is 0 Å². The number of rotatable bonds is 11. The van der Waals surface area contributed by atoms with E-state index in [0.29, 0.717) is 0 Å². The molecule has 0 amide bonds. The van der Waals surface area contributed by atoms with Crippen molar-refractivity contribution < 1.29 is 38.8 Å². The highest BCUT2D eigenvalue weighted by Crippen LogP contribution is 2.26. The Morgan fingerprint density at radius 1 is 0.806 bits per heavy atom. The van der Waals surface area contributed by atoms with E-state index >= 15 is 0 Å². The van der Waals surface area contributed by atoms with Gasteiger partial charge in [0, 0.05) is 29.8 Å². The van der Waals surface area contributed by atoms with Crippen LogP contribution in [0.5, 0.6) is 11.5 Å². The Morgan fingerprint density at radius 3 is 2.06 bits per heavy atom. The Morgan fingerprint density at radius 2 is 1.45 bits per heavy atom. The first-order chi connectivity index (χ1) is 14.8. The molecule has 0 N–H and O–H groups in total. The van der Waals surface area contributed by atoms with Gasteiger partial charge in [-0.2, -0.15) is 0 Å². The number of non-ortho nitro benzene ring substituents is 2. The second-order valence-electron chi connectivity index (χ2n) is 5.67. The summed E-state index contributed by atoms with van der Waals surface area (Å²) in [4.78, 5) is 46.6. The summed E-state index contributed by atoms with van der Waals surface area (Å²) >= 11 is 0. The van der Waals surface area contributed by atoms with E-state index in [0.717, 1.165) is 18.2 Å². The molecular formula is C17H15N3O11. The Hall–Kier alpha value is -4.33. The molecule has 0 saturated carbocycles. The molecule has 0 aliphatic rings. The van der Waals surface area contributed by atoms with Gasteiger partial charge in [0.1, 0.15) is 18.1 Å². The minimum Gasteiger partial charge on any atom is -0.395 e. The molecule has 0 atom stereocenters. The molecule has 31 heavy (non-hydrogen) atoms. The van der Waals surface area contributed by atoms with E-state index < -0.39 is 21.1 Å². The van der Waals surface area contributed by atoms with Crippen molar-refractivity contribution in [2.24, 2.45) is 0 Å². The van der Waals surface area contributed by atoms with Gasteiger partial charge < -0.3 is 19.0 Å². The van der Waals surface area contributed by atoms with Crippen molar-refractivity contribution in [2.45, 2.75) is 6.42 Å². The van der Waals surface area contributed by atoms with Gasteiger partial charge in [0.15, 0.2) is 0 Å².